The van der Waals surface area contributed by atoms with E-state index >= 15 is 0 Å². The van der Waals surface area contributed by atoms with Crippen LogP contribution in [0.3, 0.4) is 0 Å². The van der Waals surface area contributed by atoms with Crippen LogP contribution in [-0.4, -0.2) is 52.0 Å². The van der Waals surface area contributed by atoms with Crippen LogP contribution < -0.4 is 0 Å². The topological polar surface area (TPSA) is 60.9 Å². The maximum absolute atomic E-state index is 12.9. The highest BCUT2D eigenvalue weighted by Crippen LogP contribution is 2.41. The predicted molar refractivity (Wildman–Crippen MR) is 117 cm³/mol. The van der Waals surface area contributed by atoms with Crippen molar-refractivity contribution in [3.8, 4) is 0 Å². The van der Waals surface area contributed by atoms with Gasteiger partial charge in [0.2, 0.25) is 5.91 Å². The van der Waals surface area contributed by atoms with E-state index in [1.165, 1.54) is 32.1 Å². The van der Waals surface area contributed by atoms with Crippen LogP contribution in [0.5, 0.6) is 0 Å². The summed E-state index contributed by atoms with van der Waals surface area (Å²) in [7, 11) is 0. The molecule has 1 aromatic carbocycles. The number of carbonyl (C=O) groups is 2. The van der Waals surface area contributed by atoms with Gasteiger partial charge >= 0.3 is 0 Å². The van der Waals surface area contributed by atoms with Crippen molar-refractivity contribution in [1.29, 1.82) is 0 Å². The molecule has 1 aliphatic carbocycles. The van der Waals surface area contributed by atoms with Gasteiger partial charge in [-0.05, 0) is 30.4 Å². The first-order valence-electron chi connectivity index (χ1n) is 11.7. The molecule has 1 atom stereocenters. The SMILES string of the molecule is CC1(C)CN(C(=O)CCC2CCCCC2)CCC1(O)CN1Cc2ccccc2C1=O. The number of nitrogens with zero attached hydrogens (tertiary/aromatic N) is 2. The molecule has 1 saturated heterocycles. The molecule has 164 valence electrons. The third kappa shape index (κ3) is 4.14. The molecule has 2 heterocycles. The number of carbonyl (C=O) groups excluding carboxylic acids is 2. The van der Waals surface area contributed by atoms with E-state index in [1.807, 2.05) is 43.0 Å². The first-order valence-corrected chi connectivity index (χ1v) is 11.7. The Morgan fingerprint density at radius 3 is 2.60 bits per heavy atom. The fourth-order valence-corrected chi connectivity index (χ4v) is 5.59. The van der Waals surface area contributed by atoms with Gasteiger partial charge in [-0.1, -0.05) is 64.2 Å². The number of fused-ring (bicyclic) bond motifs is 1. The van der Waals surface area contributed by atoms with Crippen molar-refractivity contribution in [3.63, 3.8) is 0 Å². The Morgan fingerprint density at radius 2 is 1.90 bits per heavy atom. The summed E-state index contributed by atoms with van der Waals surface area (Å²) in [5.74, 6) is 0.932. The lowest BCUT2D eigenvalue weighted by molar-refractivity contribution is -0.154. The molecular formula is C25H36N2O3. The molecule has 2 fully saturated rings. The van der Waals surface area contributed by atoms with E-state index < -0.39 is 11.0 Å². The molecule has 5 heteroatoms. The maximum atomic E-state index is 12.9. The Labute approximate surface area is 180 Å². The molecule has 5 nitrogen and oxygen atoms in total. The van der Waals surface area contributed by atoms with Crippen LogP contribution >= 0.6 is 0 Å². The molecule has 1 N–H and O–H groups in total. The lowest BCUT2D eigenvalue weighted by Crippen LogP contribution is -2.62. The van der Waals surface area contributed by atoms with Gasteiger partial charge in [-0.15, -0.1) is 0 Å². The minimum atomic E-state index is -0.995. The van der Waals surface area contributed by atoms with Crippen LogP contribution in [0.25, 0.3) is 0 Å². The minimum Gasteiger partial charge on any atom is -0.387 e. The van der Waals surface area contributed by atoms with Crippen LogP contribution in [0.4, 0.5) is 0 Å². The molecule has 1 saturated carbocycles. The van der Waals surface area contributed by atoms with Crippen molar-refractivity contribution >= 4 is 11.8 Å². The highest BCUT2D eigenvalue weighted by molar-refractivity contribution is 5.98. The molecule has 0 radical (unpaired) electrons. The third-order valence-electron chi connectivity index (χ3n) is 7.83. The number of piperidine rings is 1. The van der Waals surface area contributed by atoms with Crippen LogP contribution in [0.2, 0.25) is 0 Å². The maximum Gasteiger partial charge on any atom is 0.254 e. The van der Waals surface area contributed by atoms with Gasteiger partial charge in [0.15, 0.2) is 0 Å². The lowest BCUT2D eigenvalue weighted by Gasteiger charge is -2.51. The molecule has 2 aliphatic heterocycles. The van der Waals surface area contributed by atoms with Gasteiger partial charge in [0.1, 0.15) is 0 Å². The van der Waals surface area contributed by atoms with Crippen molar-refractivity contribution in [2.75, 3.05) is 19.6 Å². The van der Waals surface area contributed by atoms with Gasteiger partial charge in [0.05, 0.1) is 12.1 Å². The second-order valence-electron chi connectivity index (χ2n) is 10.3. The van der Waals surface area contributed by atoms with E-state index in [-0.39, 0.29) is 11.8 Å². The summed E-state index contributed by atoms with van der Waals surface area (Å²) >= 11 is 0. The summed E-state index contributed by atoms with van der Waals surface area (Å²) in [5.41, 5.74) is 0.305. The molecule has 2 amide bonds. The van der Waals surface area contributed by atoms with E-state index in [4.69, 9.17) is 0 Å². The Morgan fingerprint density at radius 1 is 1.17 bits per heavy atom. The second-order valence-corrected chi connectivity index (χ2v) is 10.3. The van der Waals surface area contributed by atoms with E-state index in [1.54, 1.807) is 4.90 Å². The molecule has 4 rings (SSSR count). The summed E-state index contributed by atoms with van der Waals surface area (Å²) < 4.78 is 0. The number of likely N-dealkylation sites (tertiary alicyclic amines) is 1. The summed E-state index contributed by atoms with van der Waals surface area (Å²) in [5, 5.41) is 11.6. The normalized spacial score (nSPS) is 26.7. The molecule has 3 aliphatic rings. The minimum absolute atomic E-state index is 0.000753. The average Bonchev–Trinajstić information content (AvgIpc) is 3.04. The summed E-state index contributed by atoms with van der Waals surface area (Å²) in [6, 6.07) is 7.68. The molecule has 30 heavy (non-hydrogen) atoms. The molecule has 1 aromatic rings. The van der Waals surface area contributed by atoms with Gasteiger partial charge in [-0.2, -0.15) is 0 Å². The van der Waals surface area contributed by atoms with E-state index in [9.17, 15) is 14.7 Å². The van der Waals surface area contributed by atoms with Crippen molar-refractivity contribution in [2.24, 2.45) is 11.3 Å². The van der Waals surface area contributed by atoms with Gasteiger partial charge in [-0.25, -0.2) is 0 Å². The van der Waals surface area contributed by atoms with E-state index in [0.717, 1.165) is 17.5 Å². The van der Waals surface area contributed by atoms with Crippen LogP contribution in [0.15, 0.2) is 24.3 Å². The number of β-amino-alcohol motifs (C(OH)–C–C–N with tert-alkyl or cyclic N) is 1. The van der Waals surface area contributed by atoms with E-state index in [2.05, 4.69) is 0 Å². The number of hydrogen-bond acceptors (Lipinski definition) is 3. The largest absolute Gasteiger partial charge is 0.387 e. The third-order valence-corrected chi connectivity index (χ3v) is 7.83. The van der Waals surface area contributed by atoms with Gasteiger partial charge in [-0.3, -0.25) is 9.59 Å². The number of benzene rings is 1. The first kappa shape index (κ1) is 21.4. The van der Waals surface area contributed by atoms with Gasteiger partial charge in [0, 0.05) is 37.0 Å². The predicted octanol–water partition coefficient (Wildman–Crippen LogP) is 3.99. The van der Waals surface area contributed by atoms with Crippen molar-refractivity contribution < 1.29 is 14.7 Å². The zero-order valence-electron chi connectivity index (χ0n) is 18.5. The number of hydrogen-bond donors (Lipinski definition) is 1. The van der Waals surface area contributed by atoms with Gasteiger partial charge < -0.3 is 14.9 Å². The lowest BCUT2D eigenvalue weighted by atomic mass is 9.69. The van der Waals surface area contributed by atoms with E-state index in [0.29, 0.717) is 44.9 Å². The van der Waals surface area contributed by atoms with Crippen LogP contribution in [-0.2, 0) is 11.3 Å². The highest BCUT2D eigenvalue weighted by Gasteiger charge is 2.50. The quantitative estimate of drug-likeness (QED) is 0.795. The van der Waals surface area contributed by atoms with Crippen LogP contribution in [0, 0.1) is 11.3 Å². The Bertz CT molecular complexity index is 799. The fraction of sp³-hybridized carbons (Fsp3) is 0.680. The van der Waals surface area contributed by atoms with Gasteiger partial charge in [0.25, 0.3) is 5.91 Å². The summed E-state index contributed by atoms with van der Waals surface area (Å²) in [4.78, 5) is 29.4. The smallest absolute Gasteiger partial charge is 0.254 e. The second kappa shape index (κ2) is 8.33. The van der Waals surface area contributed by atoms with Crippen molar-refractivity contribution in [1.82, 2.24) is 9.80 Å². The number of rotatable bonds is 5. The van der Waals surface area contributed by atoms with Crippen molar-refractivity contribution in [3.05, 3.63) is 35.4 Å². The fourth-order valence-electron chi connectivity index (χ4n) is 5.59. The molecule has 1 unspecified atom stereocenters. The zero-order valence-corrected chi connectivity index (χ0v) is 18.5. The molecule has 0 aromatic heterocycles. The molecule has 0 spiro atoms. The average molecular weight is 413 g/mol. The standard InChI is InChI=1S/C25H36N2O3/c1-24(2)17-26(22(28)13-12-19-8-4-3-5-9-19)15-14-25(24,30)18-27-16-20-10-6-7-11-21(20)23(27)29/h6-7,10-11,19,30H,3-5,8-9,12-18H2,1-2H3. The zero-order chi connectivity index (χ0) is 21.4. The number of amides is 2. The highest BCUT2D eigenvalue weighted by atomic mass is 16.3. The van der Waals surface area contributed by atoms with Crippen molar-refractivity contribution in [2.45, 2.75) is 77.4 Å². The van der Waals surface area contributed by atoms with Crippen LogP contribution in [0.1, 0.15) is 81.1 Å². The molecular weight excluding hydrogens is 376 g/mol. The molecule has 0 bridgehead atoms. The summed E-state index contributed by atoms with van der Waals surface area (Å²) in [6.07, 6.45) is 8.63. The Kier molecular flexibility index (Phi) is 5.93. The first-order chi connectivity index (χ1) is 14.3. The Hall–Kier alpha value is -1.88. The summed E-state index contributed by atoms with van der Waals surface area (Å²) in [6.45, 7) is 6.04. The number of aliphatic hydroxyl groups is 1. The monoisotopic (exact) mass is 412 g/mol. The Balaban J connectivity index is 1.35.